The zero-order chi connectivity index (χ0) is 10.8. The normalized spacial score (nSPS) is 10.2. The van der Waals surface area contributed by atoms with Crippen molar-refractivity contribution in [3.05, 3.63) is 56.3 Å². The first-order valence-corrected chi connectivity index (χ1v) is 4.50. The first-order chi connectivity index (χ1) is 7.18. The average Bonchev–Trinajstić information content (AvgIpc) is 2.20. The van der Waals surface area contributed by atoms with Gasteiger partial charge < -0.3 is 0 Å². The highest BCUT2D eigenvalue weighted by molar-refractivity contribution is 6.32. The van der Waals surface area contributed by atoms with E-state index in [-0.39, 0.29) is 0 Å². The molecule has 0 fully saturated rings. The van der Waals surface area contributed by atoms with Crippen molar-refractivity contribution >= 4 is 11.6 Å². The number of halogens is 1. The third-order valence-corrected chi connectivity index (χ3v) is 2.11. The lowest BCUT2D eigenvalue weighted by Gasteiger charge is -2.03. The minimum absolute atomic E-state index is 0.388. The van der Waals surface area contributed by atoms with Gasteiger partial charge in [0.05, 0.1) is 10.7 Å². The highest BCUT2D eigenvalue weighted by atomic mass is 35.5. The van der Waals surface area contributed by atoms with E-state index in [0.717, 1.165) is 10.9 Å². The van der Waals surface area contributed by atoms with Crippen molar-refractivity contribution < 1.29 is 0 Å². The fourth-order valence-corrected chi connectivity index (χ4v) is 1.36. The van der Waals surface area contributed by atoms with Crippen LogP contribution < -0.4 is 11.2 Å². The topological polar surface area (TPSA) is 67.8 Å². The Hall–Kier alpha value is -1.88. The molecule has 0 aliphatic carbocycles. The molecule has 0 bridgehead atoms. The second-order valence-corrected chi connectivity index (χ2v) is 3.21. The maximum atomic E-state index is 11.4. The molecule has 0 unspecified atom stereocenters. The van der Waals surface area contributed by atoms with Gasteiger partial charge in [-0.1, -0.05) is 23.7 Å². The highest BCUT2D eigenvalue weighted by Crippen LogP contribution is 2.16. The van der Waals surface area contributed by atoms with Crippen LogP contribution in [0.1, 0.15) is 0 Å². The van der Waals surface area contributed by atoms with Gasteiger partial charge in [0.15, 0.2) is 0 Å². The third-order valence-electron chi connectivity index (χ3n) is 1.79. The lowest BCUT2D eigenvalue weighted by molar-refractivity contribution is 0.750. The molecular formula is C9H6ClN3O2. The summed E-state index contributed by atoms with van der Waals surface area (Å²) >= 11 is 5.88. The Labute approximate surface area is 89.0 Å². The lowest BCUT2D eigenvalue weighted by atomic mass is 10.3. The van der Waals surface area contributed by atoms with Crippen LogP contribution >= 0.6 is 11.6 Å². The Morgan fingerprint density at radius 3 is 2.67 bits per heavy atom. The van der Waals surface area contributed by atoms with E-state index in [1.807, 2.05) is 0 Å². The second kappa shape index (κ2) is 3.70. The van der Waals surface area contributed by atoms with Crippen molar-refractivity contribution in [1.29, 1.82) is 0 Å². The van der Waals surface area contributed by atoms with Crippen molar-refractivity contribution in [1.82, 2.24) is 14.8 Å². The Bertz CT molecular complexity index is 603. The van der Waals surface area contributed by atoms with Crippen molar-refractivity contribution in [2.24, 2.45) is 0 Å². The molecule has 2 aromatic rings. The fraction of sp³-hybridized carbons (Fsp3) is 0. The van der Waals surface area contributed by atoms with Crippen LogP contribution in [0.15, 0.2) is 40.1 Å². The Morgan fingerprint density at radius 2 is 2.00 bits per heavy atom. The van der Waals surface area contributed by atoms with E-state index in [9.17, 15) is 9.59 Å². The molecule has 0 saturated heterocycles. The van der Waals surface area contributed by atoms with Gasteiger partial charge in [-0.3, -0.25) is 9.78 Å². The summed E-state index contributed by atoms with van der Waals surface area (Å²) in [5, 5.41) is 4.07. The molecule has 0 spiro atoms. The Morgan fingerprint density at radius 1 is 1.27 bits per heavy atom. The van der Waals surface area contributed by atoms with Gasteiger partial charge in [-0.25, -0.2) is 4.79 Å². The predicted octanol–water partition coefficient (Wildman–Crippen LogP) is 0.574. The standard InChI is InChI=1S/C9H6ClN3O2/c10-6-3-1-2-4-7(6)13-9(15)12-8(14)5-11-13/h1-5H,(H,12,14,15). The monoisotopic (exact) mass is 223 g/mol. The highest BCUT2D eigenvalue weighted by Gasteiger charge is 2.04. The molecular weight excluding hydrogens is 218 g/mol. The Kier molecular flexibility index (Phi) is 2.39. The fourth-order valence-electron chi connectivity index (χ4n) is 1.15. The van der Waals surface area contributed by atoms with Gasteiger partial charge in [0.2, 0.25) is 0 Å². The molecule has 2 rings (SSSR count). The molecule has 0 aliphatic rings. The number of nitrogens with zero attached hydrogens (tertiary/aromatic N) is 2. The van der Waals surface area contributed by atoms with Gasteiger partial charge in [0, 0.05) is 0 Å². The SMILES string of the molecule is O=c1cnn(-c2ccccc2Cl)c(=O)[nH]1. The van der Waals surface area contributed by atoms with Crippen LogP contribution in [0.5, 0.6) is 0 Å². The largest absolute Gasteiger partial charge is 0.349 e. The van der Waals surface area contributed by atoms with E-state index in [0.29, 0.717) is 10.7 Å². The zero-order valence-electron chi connectivity index (χ0n) is 7.48. The molecule has 6 heteroatoms. The zero-order valence-corrected chi connectivity index (χ0v) is 8.23. The van der Waals surface area contributed by atoms with Crippen LogP contribution in [-0.2, 0) is 0 Å². The Balaban J connectivity index is 2.70. The van der Waals surface area contributed by atoms with Crippen molar-refractivity contribution in [3.8, 4) is 5.69 Å². The lowest BCUT2D eigenvalue weighted by Crippen LogP contribution is -2.30. The summed E-state index contributed by atoms with van der Waals surface area (Å²) in [5.74, 6) is 0. The van der Waals surface area contributed by atoms with Crippen LogP contribution in [0.3, 0.4) is 0 Å². The number of nitrogens with one attached hydrogen (secondary N) is 1. The summed E-state index contributed by atoms with van der Waals surface area (Å²) in [6.45, 7) is 0. The number of aromatic nitrogens is 3. The van der Waals surface area contributed by atoms with Crippen LogP contribution in [-0.4, -0.2) is 14.8 Å². The summed E-state index contributed by atoms with van der Waals surface area (Å²) in [7, 11) is 0. The number of hydrogen-bond donors (Lipinski definition) is 1. The summed E-state index contributed by atoms with van der Waals surface area (Å²) in [6.07, 6.45) is 1.02. The number of benzene rings is 1. The molecule has 1 aromatic heterocycles. The number of hydrogen-bond acceptors (Lipinski definition) is 3. The maximum absolute atomic E-state index is 11.4. The molecule has 1 aromatic carbocycles. The number of H-pyrrole nitrogens is 1. The quantitative estimate of drug-likeness (QED) is 0.769. The van der Waals surface area contributed by atoms with Crippen LogP contribution in [0.4, 0.5) is 0 Å². The summed E-state index contributed by atoms with van der Waals surface area (Å²) in [4.78, 5) is 24.3. The summed E-state index contributed by atoms with van der Waals surface area (Å²) in [5.41, 5.74) is -0.723. The van der Waals surface area contributed by atoms with Crippen LogP contribution in [0.25, 0.3) is 5.69 Å². The minimum Gasteiger partial charge on any atom is -0.271 e. The van der Waals surface area contributed by atoms with Gasteiger partial charge in [-0.15, -0.1) is 0 Å². The van der Waals surface area contributed by atoms with Gasteiger partial charge >= 0.3 is 5.69 Å². The predicted molar refractivity (Wildman–Crippen MR) is 55.5 cm³/mol. The van der Waals surface area contributed by atoms with Gasteiger partial charge in [-0.05, 0) is 12.1 Å². The molecule has 1 N–H and O–H groups in total. The van der Waals surface area contributed by atoms with E-state index in [2.05, 4.69) is 10.1 Å². The molecule has 5 nitrogen and oxygen atoms in total. The second-order valence-electron chi connectivity index (χ2n) is 2.80. The third kappa shape index (κ3) is 1.82. The summed E-state index contributed by atoms with van der Waals surface area (Å²) < 4.78 is 1.03. The molecule has 15 heavy (non-hydrogen) atoms. The molecule has 0 radical (unpaired) electrons. The molecule has 0 atom stereocenters. The number of aromatic amines is 1. The van der Waals surface area contributed by atoms with E-state index in [1.165, 1.54) is 0 Å². The van der Waals surface area contributed by atoms with E-state index < -0.39 is 11.2 Å². The summed E-state index contributed by atoms with van der Waals surface area (Å²) in [6, 6.07) is 6.73. The molecule has 0 saturated carbocycles. The van der Waals surface area contributed by atoms with Crippen LogP contribution in [0.2, 0.25) is 5.02 Å². The number of rotatable bonds is 1. The minimum atomic E-state index is -0.615. The van der Waals surface area contributed by atoms with E-state index in [4.69, 9.17) is 11.6 Å². The van der Waals surface area contributed by atoms with E-state index >= 15 is 0 Å². The molecule has 1 heterocycles. The molecule has 0 aliphatic heterocycles. The maximum Gasteiger partial charge on any atom is 0.349 e. The smallest absolute Gasteiger partial charge is 0.271 e. The average molecular weight is 224 g/mol. The first kappa shape index (κ1) is 9.67. The van der Waals surface area contributed by atoms with Crippen LogP contribution in [0, 0.1) is 0 Å². The van der Waals surface area contributed by atoms with Gasteiger partial charge in [0.25, 0.3) is 5.56 Å². The van der Waals surface area contributed by atoms with E-state index in [1.54, 1.807) is 24.3 Å². The van der Waals surface area contributed by atoms with Crippen molar-refractivity contribution in [2.75, 3.05) is 0 Å². The molecule has 76 valence electrons. The van der Waals surface area contributed by atoms with Crippen molar-refractivity contribution in [3.63, 3.8) is 0 Å². The molecule has 0 amide bonds. The van der Waals surface area contributed by atoms with Crippen molar-refractivity contribution in [2.45, 2.75) is 0 Å². The van der Waals surface area contributed by atoms with Gasteiger partial charge in [0.1, 0.15) is 6.20 Å². The number of para-hydroxylation sites is 1. The van der Waals surface area contributed by atoms with Gasteiger partial charge in [-0.2, -0.15) is 9.78 Å². The first-order valence-electron chi connectivity index (χ1n) is 4.12.